The van der Waals surface area contributed by atoms with Gasteiger partial charge in [0, 0.05) is 13.1 Å². The van der Waals surface area contributed by atoms with E-state index in [1.54, 1.807) is 18.7 Å². The van der Waals surface area contributed by atoms with Gasteiger partial charge in [0.1, 0.15) is 12.0 Å². The topological polar surface area (TPSA) is 45.6 Å². The van der Waals surface area contributed by atoms with Crippen LogP contribution in [0.25, 0.3) is 0 Å². The molecule has 0 amide bonds. The molecule has 0 aliphatic carbocycles. The molecule has 0 aromatic heterocycles. The first-order valence-corrected chi connectivity index (χ1v) is 3.54. The van der Waals surface area contributed by atoms with Crippen LogP contribution in [0.3, 0.4) is 0 Å². The van der Waals surface area contributed by atoms with Crippen molar-refractivity contribution in [3.8, 4) is 0 Å². The Morgan fingerprint density at radius 3 is 3.08 bits per heavy atom. The lowest BCUT2D eigenvalue weighted by Crippen LogP contribution is -2.36. The van der Waals surface area contributed by atoms with Crippen molar-refractivity contribution in [1.82, 2.24) is 10.6 Å². The highest BCUT2D eigenvalue weighted by Crippen LogP contribution is 2.05. The van der Waals surface area contributed by atoms with Crippen molar-refractivity contribution in [2.45, 2.75) is 0 Å². The van der Waals surface area contributed by atoms with Crippen molar-refractivity contribution in [3.05, 3.63) is 24.0 Å². The molecule has 0 saturated carbocycles. The molecule has 0 aromatic carbocycles. The third kappa shape index (κ3) is 1.71. The van der Waals surface area contributed by atoms with Crippen molar-refractivity contribution in [1.29, 1.82) is 0 Å². The summed E-state index contributed by atoms with van der Waals surface area (Å²) in [4.78, 5) is 3.96. The average molecular weight is 188 g/mol. The second kappa shape index (κ2) is 4.01. The van der Waals surface area contributed by atoms with Crippen LogP contribution >= 0.6 is 12.4 Å². The molecule has 4 nitrogen and oxygen atoms in total. The lowest BCUT2D eigenvalue weighted by atomic mass is 10.4. The van der Waals surface area contributed by atoms with Crippen molar-refractivity contribution < 1.29 is 4.74 Å². The highest BCUT2D eigenvalue weighted by molar-refractivity contribution is 5.85. The van der Waals surface area contributed by atoms with Crippen LogP contribution in [0.2, 0.25) is 0 Å². The zero-order valence-electron chi connectivity index (χ0n) is 6.41. The summed E-state index contributed by atoms with van der Waals surface area (Å²) in [5.41, 5.74) is 0.918. The Morgan fingerprint density at radius 1 is 1.33 bits per heavy atom. The summed E-state index contributed by atoms with van der Waals surface area (Å²) in [6, 6.07) is 0. The maximum atomic E-state index is 5.21. The van der Waals surface area contributed by atoms with E-state index in [-0.39, 0.29) is 12.4 Å². The summed E-state index contributed by atoms with van der Waals surface area (Å²) in [5.74, 6) is 0.758. The van der Waals surface area contributed by atoms with E-state index >= 15 is 0 Å². The Hall–Kier alpha value is -1.16. The molecule has 0 unspecified atom stereocenters. The molecule has 0 aromatic rings. The number of ether oxygens (including phenoxy) is 1. The van der Waals surface area contributed by atoms with E-state index in [1.807, 2.05) is 0 Å². The molecule has 2 heterocycles. The molecule has 0 fully saturated rings. The number of aliphatic imine (C=N–C) groups is 1. The van der Waals surface area contributed by atoms with E-state index in [0.29, 0.717) is 0 Å². The number of halogens is 1. The van der Waals surface area contributed by atoms with Gasteiger partial charge < -0.3 is 15.4 Å². The van der Waals surface area contributed by atoms with Gasteiger partial charge in [-0.05, 0) is 0 Å². The average Bonchev–Trinajstić information content (AvgIpc) is 2.28. The maximum Gasteiger partial charge on any atom is 0.217 e. The molecule has 5 heteroatoms. The van der Waals surface area contributed by atoms with Gasteiger partial charge in [0.15, 0.2) is 0 Å². The molecule has 0 bridgehead atoms. The van der Waals surface area contributed by atoms with Crippen molar-refractivity contribution >= 4 is 18.6 Å². The number of nitrogens with one attached hydrogen (secondary N) is 2. The number of allylic oxidation sites excluding steroid dienone is 1. The second-order valence-electron chi connectivity index (χ2n) is 2.28. The Morgan fingerprint density at radius 2 is 2.17 bits per heavy atom. The fraction of sp³-hybridized carbons (Fsp3) is 0.286. The van der Waals surface area contributed by atoms with E-state index in [4.69, 9.17) is 4.74 Å². The summed E-state index contributed by atoms with van der Waals surface area (Å²) in [6.07, 6.45) is 4.91. The fourth-order valence-corrected chi connectivity index (χ4v) is 1.01. The summed E-state index contributed by atoms with van der Waals surface area (Å²) >= 11 is 0. The quantitative estimate of drug-likeness (QED) is 0.575. The zero-order chi connectivity index (χ0) is 7.52. The van der Waals surface area contributed by atoms with Gasteiger partial charge in [0.25, 0.3) is 0 Å². The summed E-state index contributed by atoms with van der Waals surface area (Å²) in [6.45, 7) is 1.80. The van der Waals surface area contributed by atoms with E-state index < -0.39 is 0 Å². The molecule has 2 N–H and O–H groups in total. The minimum Gasteiger partial charge on any atom is -0.445 e. The number of hydrogen-bond donors (Lipinski definition) is 2. The first-order valence-electron chi connectivity index (χ1n) is 3.54. The van der Waals surface area contributed by atoms with Crippen LogP contribution in [0.4, 0.5) is 0 Å². The van der Waals surface area contributed by atoms with Crippen LogP contribution in [0.15, 0.2) is 29.0 Å². The van der Waals surface area contributed by atoms with E-state index in [1.165, 1.54) is 0 Å². The highest BCUT2D eigenvalue weighted by atomic mass is 35.5. The molecule has 0 saturated heterocycles. The van der Waals surface area contributed by atoms with Gasteiger partial charge in [-0.15, -0.1) is 12.4 Å². The van der Waals surface area contributed by atoms with E-state index in [2.05, 4.69) is 15.6 Å². The third-order valence-electron chi connectivity index (χ3n) is 1.51. The minimum absolute atomic E-state index is 0. The van der Waals surface area contributed by atoms with Gasteiger partial charge in [-0.3, -0.25) is 4.99 Å². The molecule has 2 rings (SSSR count). The summed E-state index contributed by atoms with van der Waals surface area (Å²) < 4.78 is 5.21. The monoisotopic (exact) mass is 187 g/mol. The van der Waals surface area contributed by atoms with Gasteiger partial charge in [-0.2, -0.15) is 0 Å². The van der Waals surface area contributed by atoms with Crippen LogP contribution in [-0.2, 0) is 4.74 Å². The predicted molar refractivity (Wildman–Crippen MR) is 49.0 cm³/mol. The number of rotatable bonds is 0. The highest BCUT2D eigenvalue weighted by Gasteiger charge is 2.10. The number of nitrogens with zero attached hydrogens (tertiary/aromatic N) is 1. The number of hydrogen-bond acceptors (Lipinski definition) is 4. The van der Waals surface area contributed by atoms with E-state index in [0.717, 1.165) is 24.7 Å². The first-order chi connectivity index (χ1) is 5.47. The van der Waals surface area contributed by atoms with Gasteiger partial charge >= 0.3 is 0 Å². The van der Waals surface area contributed by atoms with Gasteiger partial charge in [-0.1, -0.05) is 0 Å². The fourth-order valence-electron chi connectivity index (χ4n) is 1.01. The molecule has 2 aliphatic rings. The molecule has 0 radical (unpaired) electrons. The Balaban J connectivity index is 0.000000720. The van der Waals surface area contributed by atoms with Crippen LogP contribution in [0.1, 0.15) is 0 Å². The molecule has 0 atom stereocenters. The normalized spacial score (nSPS) is 19.3. The van der Waals surface area contributed by atoms with Crippen LogP contribution in [0.5, 0.6) is 0 Å². The Bertz CT molecular complexity index is 247. The smallest absolute Gasteiger partial charge is 0.217 e. The molecule has 0 spiro atoms. The van der Waals surface area contributed by atoms with E-state index in [9.17, 15) is 0 Å². The second-order valence-corrected chi connectivity index (χ2v) is 2.28. The third-order valence-corrected chi connectivity index (χ3v) is 1.51. The van der Waals surface area contributed by atoms with Crippen LogP contribution < -0.4 is 10.6 Å². The predicted octanol–water partition coefficient (Wildman–Crippen LogP) is 0.342. The molecule has 2 aliphatic heterocycles. The Kier molecular flexibility index (Phi) is 2.99. The van der Waals surface area contributed by atoms with Gasteiger partial charge in [-0.25, -0.2) is 0 Å². The standard InChI is InChI=1S/C7H9N3O.ClH/c1-2-10-7-6(9-1)5-8-3-4-11-7;/h3-5,9-10H,1-2H2;1H. The molecular formula is C7H10ClN3O. The lowest BCUT2D eigenvalue weighted by Gasteiger charge is -2.18. The zero-order valence-corrected chi connectivity index (χ0v) is 7.23. The van der Waals surface area contributed by atoms with Crippen molar-refractivity contribution in [2.75, 3.05) is 13.1 Å². The van der Waals surface area contributed by atoms with Crippen molar-refractivity contribution in [2.24, 2.45) is 4.99 Å². The minimum atomic E-state index is 0. The first kappa shape index (κ1) is 8.93. The summed E-state index contributed by atoms with van der Waals surface area (Å²) in [7, 11) is 0. The maximum absolute atomic E-state index is 5.21. The molecule has 12 heavy (non-hydrogen) atoms. The van der Waals surface area contributed by atoms with Crippen LogP contribution in [0, 0.1) is 0 Å². The van der Waals surface area contributed by atoms with Gasteiger partial charge in [0.2, 0.25) is 5.88 Å². The Labute approximate surface area is 76.8 Å². The summed E-state index contributed by atoms with van der Waals surface area (Å²) in [5, 5.41) is 6.28. The SMILES string of the molecule is C1=COC2=C(C=N1)NCCN2.Cl. The van der Waals surface area contributed by atoms with Crippen LogP contribution in [-0.4, -0.2) is 19.3 Å². The van der Waals surface area contributed by atoms with Crippen molar-refractivity contribution in [3.63, 3.8) is 0 Å². The molecular weight excluding hydrogens is 178 g/mol. The molecule has 66 valence electrons. The largest absolute Gasteiger partial charge is 0.445 e. The lowest BCUT2D eigenvalue weighted by molar-refractivity contribution is 0.300. The van der Waals surface area contributed by atoms with Gasteiger partial charge in [0.05, 0.1) is 12.4 Å².